The van der Waals surface area contributed by atoms with Crippen molar-refractivity contribution in [3.63, 3.8) is 0 Å². The van der Waals surface area contributed by atoms with Gasteiger partial charge in [0.25, 0.3) is 0 Å². The van der Waals surface area contributed by atoms with E-state index >= 15 is 0 Å². The van der Waals surface area contributed by atoms with E-state index in [4.69, 9.17) is 24.3 Å². The van der Waals surface area contributed by atoms with Crippen molar-refractivity contribution < 1.29 is 27.7 Å². The van der Waals surface area contributed by atoms with Gasteiger partial charge in [-0.15, -0.1) is 13.9 Å². The number of alkyl halides is 2. The maximum absolute atomic E-state index is 13.9. The minimum absolute atomic E-state index is 0.0802. The first-order chi connectivity index (χ1) is 17.5. The summed E-state index contributed by atoms with van der Waals surface area (Å²) in [5.41, 5.74) is 1.54. The lowest BCUT2D eigenvalue weighted by atomic mass is 9.99. The molecule has 0 amide bonds. The Morgan fingerprint density at radius 1 is 1.17 bits per heavy atom. The van der Waals surface area contributed by atoms with E-state index in [-0.39, 0.29) is 22.9 Å². The molecule has 4 heterocycles. The van der Waals surface area contributed by atoms with E-state index in [0.717, 1.165) is 31.5 Å². The normalized spacial score (nSPS) is 18.5. The molecule has 1 atom stereocenters. The Kier molecular flexibility index (Phi) is 5.40. The van der Waals surface area contributed by atoms with Gasteiger partial charge in [-0.05, 0) is 43.7 Å². The second-order valence-corrected chi connectivity index (χ2v) is 8.67. The molecule has 0 saturated carbocycles. The number of nitrogens with zero attached hydrogens (tertiary/aromatic N) is 4. The molecule has 0 bridgehead atoms. The average Bonchev–Trinajstić information content (AvgIpc) is 3.48. The Morgan fingerprint density at radius 3 is 2.83 bits per heavy atom. The Hall–Kier alpha value is -3.93. The number of aromatic nitrogens is 4. The molecule has 10 nitrogen and oxygen atoms in total. The lowest BCUT2D eigenvalue weighted by Crippen LogP contribution is -2.29. The summed E-state index contributed by atoms with van der Waals surface area (Å²) >= 11 is 0. The minimum atomic E-state index is -3.76. The van der Waals surface area contributed by atoms with Gasteiger partial charge in [-0.3, -0.25) is 0 Å². The quantitative estimate of drug-likeness (QED) is 0.412. The van der Waals surface area contributed by atoms with Crippen LogP contribution in [0.25, 0.3) is 16.6 Å². The van der Waals surface area contributed by atoms with Gasteiger partial charge in [-0.1, -0.05) is 0 Å². The summed E-state index contributed by atoms with van der Waals surface area (Å²) in [6, 6.07) is 8.57. The molecule has 2 aliphatic rings. The number of hydrogen-bond acceptors (Lipinski definition) is 9. The highest BCUT2D eigenvalue weighted by molar-refractivity contribution is 5.97. The summed E-state index contributed by atoms with van der Waals surface area (Å²) < 4.78 is 49.6. The van der Waals surface area contributed by atoms with Crippen LogP contribution in [0, 0.1) is 0 Å². The fraction of sp³-hybridized carbons (Fsp3) is 0.375. The standard InChI is InChI=1S/C24H24F2N6O4/c1-33-15-6-5-13(18(10-15)34-2)12-28-23-29-19-16(7-8-17-20(19)36-24(25,26)35-17)22-30-21(31-32(22)23)14-4-3-9-27-11-14/h5-8,10,14,27H,3-4,9,11-12H2,1-2H3,(H,28,29). The molecule has 2 aromatic carbocycles. The van der Waals surface area contributed by atoms with Gasteiger partial charge < -0.3 is 29.6 Å². The van der Waals surface area contributed by atoms with Crippen molar-refractivity contribution >= 4 is 22.5 Å². The SMILES string of the molecule is COc1ccc(CNc2nc3c4c(ccc3c3nc(C5CCCNC5)nn23)OC(F)(F)O4)c(OC)c1. The molecule has 1 fully saturated rings. The van der Waals surface area contributed by atoms with Crippen molar-refractivity contribution in [3.05, 3.63) is 41.7 Å². The summed E-state index contributed by atoms with van der Waals surface area (Å²) in [6.45, 7) is 2.05. The second-order valence-electron chi connectivity index (χ2n) is 8.67. The molecular weight excluding hydrogens is 474 g/mol. The summed E-state index contributed by atoms with van der Waals surface area (Å²) in [6.07, 6.45) is -1.78. The third-order valence-electron chi connectivity index (χ3n) is 6.42. The molecular formula is C24H24F2N6O4. The van der Waals surface area contributed by atoms with Crippen LogP contribution in [-0.2, 0) is 6.54 Å². The number of methoxy groups -OCH3 is 2. The minimum Gasteiger partial charge on any atom is -0.497 e. The zero-order valence-corrected chi connectivity index (χ0v) is 19.7. The van der Waals surface area contributed by atoms with Crippen LogP contribution < -0.4 is 29.6 Å². The van der Waals surface area contributed by atoms with Gasteiger partial charge in [0.05, 0.1) is 14.2 Å². The molecule has 2 N–H and O–H groups in total. The van der Waals surface area contributed by atoms with Crippen molar-refractivity contribution in [1.29, 1.82) is 0 Å². The van der Waals surface area contributed by atoms with Crippen LogP contribution >= 0.6 is 0 Å². The third-order valence-corrected chi connectivity index (χ3v) is 6.42. The first-order valence-corrected chi connectivity index (χ1v) is 11.6. The summed E-state index contributed by atoms with van der Waals surface area (Å²) in [5.74, 6) is 2.22. The molecule has 6 rings (SSSR count). The second kappa shape index (κ2) is 8.63. The summed E-state index contributed by atoms with van der Waals surface area (Å²) in [5, 5.41) is 11.9. The van der Waals surface area contributed by atoms with Crippen LogP contribution in [0.5, 0.6) is 23.0 Å². The van der Waals surface area contributed by atoms with Crippen LogP contribution in [0.1, 0.15) is 30.1 Å². The van der Waals surface area contributed by atoms with Gasteiger partial charge in [-0.25, -0.2) is 9.97 Å². The first-order valence-electron chi connectivity index (χ1n) is 11.6. The first kappa shape index (κ1) is 22.5. The molecule has 1 saturated heterocycles. The number of benzene rings is 2. The molecule has 188 valence electrons. The molecule has 2 aliphatic heterocycles. The Morgan fingerprint density at radius 2 is 2.06 bits per heavy atom. The maximum atomic E-state index is 13.9. The lowest BCUT2D eigenvalue weighted by molar-refractivity contribution is -0.286. The van der Waals surface area contributed by atoms with E-state index in [1.165, 1.54) is 6.07 Å². The highest BCUT2D eigenvalue weighted by atomic mass is 19.3. The van der Waals surface area contributed by atoms with Crippen molar-refractivity contribution in [2.45, 2.75) is 31.6 Å². The fourth-order valence-corrected chi connectivity index (χ4v) is 4.63. The number of ether oxygens (including phenoxy) is 4. The highest BCUT2D eigenvalue weighted by Crippen LogP contribution is 2.46. The third kappa shape index (κ3) is 3.87. The number of piperidine rings is 1. The number of hydrogen-bond donors (Lipinski definition) is 2. The van der Waals surface area contributed by atoms with Crippen LogP contribution in [0.15, 0.2) is 30.3 Å². The Labute approximate surface area is 204 Å². The lowest BCUT2D eigenvalue weighted by Gasteiger charge is -2.19. The molecule has 36 heavy (non-hydrogen) atoms. The van der Waals surface area contributed by atoms with E-state index in [1.807, 2.05) is 12.1 Å². The average molecular weight is 498 g/mol. The van der Waals surface area contributed by atoms with E-state index in [2.05, 4.69) is 20.4 Å². The zero-order valence-electron chi connectivity index (χ0n) is 19.7. The summed E-state index contributed by atoms with van der Waals surface area (Å²) in [7, 11) is 3.16. The number of rotatable bonds is 6. The van der Waals surface area contributed by atoms with Gasteiger partial charge in [0, 0.05) is 36.0 Å². The molecule has 0 spiro atoms. The van der Waals surface area contributed by atoms with E-state index < -0.39 is 6.29 Å². The number of halogens is 2. The number of fused-ring (bicyclic) bond motifs is 5. The molecule has 2 aromatic heterocycles. The highest BCUT2D eigenvalue weighted by Gasteiger charge is 2.45. The van der Waals surface area contributed by atoms with Crippen molar-refractivity contribution in [3.8, 4) is 23.0 Å². The van der Waals surface area contributed by atoms with E-state index in [1.54, 1.807) is 30.9 Å². The van der Waals surface area contributed by atoms with Crippen LogP contribution in [0.3, 0.4) is 0 Å². The van der Waals surface area contributed by atoms with Gasteiger partial charge >= 0.3 is 6.29 Å². The van der Waals surface area contributed by atoms with Crippen molar-refractivity contribution in [2.24, 2.45) is 0 Å². The smallest absolute Gasteiger partial charge is 0.497 e. The molecule has 4 aromatic rings. The van der Waals surface area contributed by atoms with E-state index in [9.17, 15) is 8.78 Å². The van der Waals surface area contributed by atoms with Crippen LogP contribution in [0.2, 0.25) is 0 Å². The predicted molar refractivity (Wildman–Crippen MR) is 126 cm³/mol. The largest absolute Gasteiger partial charge is 0.586 e. The monoisotopic (exact) mass is 498 g/mol. The summed E-state index contributed by atoms with van der Waals surface area (Å²) in [4.78, 5) is 9.44. The zero-order chi connectivity index (χ0) is 24.9. The maximum Gasteiger partial charge on any atom is 0.586 e. The number of anilines is 1. The Balaban J connectivity index is 1.46. The van der Waals surface area contributed by atoms with Crippen LogP contribution in [0.4, 0.5) is 14.7 Å². The molecule has 0 aliphatic carbocycles. The van der Waals surface area contributed by atoms with Crippen molar-refractivity contribution in [1.82, 2.24) is 24.9 Å². The predicted octanol–water partition coefficient (Wildman–Crippen LogP) is 3.70. The fourth-order valence-electron chi connectivity index (χ4n) is 4.63. The Bertz CT molecular complexity index is 1450. The van der Waals surface area contributed by atoms with Gasteiger partial charge in [-0.2, -0.15) is 4.52 Å². The molecule has 12 heteroatoms. The van der Waals surface area contributed by atoms with Crippen molar-refractivity contribution in [2.75, 3.05) is 32.6 Å². The van der Waals surface area contributed by atoms with Gasteiger partial charge in [0.1, 0.15) is 17.0 Å². The van der Waals surface area contributed by atoms with Crippen LogP contribution in [-0.4, -0.2) is 53.2 Å². The molecule has 1 unspecified atom stereocenters. The van der Waals surface area contributed by atoms with Gasteiger partial charge in [0.15, 0.2) is 23.0 Å². The van der Waals surface area contributed by atoms with E-state index in [0.29, 0.717) is 40.8 Å². The number of nitrogens with one attached hydrogen (secondary N) is 2. The molecule has 0 radical (unpaired) electrons. The topological polar surface area (TPSA) is 104 Å². The van der Waals surface area contributed by atoms with Gasteiger partial charge in [0.2, 0.25) is 5.95 Å².